The lowest BCUT2D eigenvalue weighted by Gasteiger charge is -2.23. The first-order valence-electron chi connectivity index (χ1n) is 6.78. The minimum atomic E-state index is -0.482. The number of carbonyl (C=O) groups is 2. The van der Waals surface area contributed by atoms with Crippen molar-refractivity contribution in [2.24, 2.45) is 5.73 Å². The van der Waals surface area contributed by atoms with E-state index < -0.39 is 11.0 Å². The average molecular weight is 291 g/mol. The molecule has 1 aliphatic rings. The fourth-order valence-corrected chi connectivity index (χ4v) is 2.57. The molecule has 112 valence electrons. The van der Waals surface area contributed by atoms with Gasteiger partial charge in [-0.2, -0.15) is 0 Å². The molecule has 1 aromatic rings. The van der Waals surface area contributed by atoms with Crippen molar-refractivity contribution in [2.75, 3.05) is 13.1 Å². The Morgan fingerprint density at radius 2 is 2.00 bits per heavy atom. The molecule has 1 fully saturated rings. The van der Waals surface area contributed by atoms with E-state index in [0.717, 1.165) is 6.42 Å². The van der Waals surface area contributed by atoms with Gasteiger partial charge in [-0.25, -0.2) is 0 Å². The summed E-state index contributed by atoms with van der Waals surface area (Å²) < 4.78 is 0. The SMILES string of the molecule is NCC(=O)N1CCCC1C(=O)Cc1ccc([N+](=O)[O-])cc1. The highest BCUT2D eigenvalue weighted by molar-refractivity contribution is 5.91. The molecule has 7 heteroatoms. The van der Waals surface area contributed by atoms with Crippen LogP contribution in [0.25, 0.3) is 0 Å². The number of non-ortho nitro benzene ring substituents is 1. The maximum atomic E-state index is 12.3. The average Bonchev–Trinajstić information content (AvgIpc) is 2.96. The first-order chi connectivity index (χ1) is 10.0. The maximum Gasteiger partial charge on any atom is 0.269 e. The highest BCUT2D eigenvalue weighted by Crippen LogP contribution is 2.20. The molecule has 21 heavy (non-hydrogen) atoms. The summed E-state index contributed by atoms with van der Waals surface area (Å²) >= 11 is 0. The van der Waals surface area contributed by atoms with Crippen LogP contribution in [-0.4, -0.2) is 40.6 Å². The number of hydrogen-bond donors (Lipinski definition) is 1. The number of rotatable bonds is 5. The number of nitrogens with zero attached hydrogens (tertiary/aromatic N) is 2. The van der Waals surface area contributed by atoms with Gasteiger partial charge in [0.15, 0.2) is 5.78 Å². The smallest absolute Gasteiger partial charge is 0.269 e. The Kier molecular flexibility index (Phi) is 4.64. The van der Waals surface area contributed by atoms with Crippen molar-refractivity contribution in [1.82, 2.24) is 4.90 Å². The minimum absolute atomic E-state index is 0.00741. The lowest BCUT2D eigenvalue weighted by Crippen LogP contribution is -2.43. The molecule has 0 aliphatic carbocycles. The predicted octanol–water partition coefficient (Wildman–Crippen LogP) is 0.656. The molecule has 0 aromatic heterocycles. The van der Waals surface area contributed by atoms with Crippen LogP contribution < -0.4 is 5.73 Å². The number of hydrogen-bond acceptors (Lipinski definition) is 5. The van der Waals surface area contributed by atoms with Gasteiger partial charge in [-0.15, -0.1) is 0 Å². The molecule has 0 radical (unpaired) electrons. The molecule has 1 amide bonds. The first-order valence-corrected chi connectivity index (χ1v) is 6.78. The van der Waals surface area contributed by atoms with E-state index in [1.165, 1.54) is 17.0 Å². The lowest BCUT2D eigenvalue weighted by atomic mass is 10.0. The third-order valence-corrected chi connectivity index (χ3v) is 3.64. The monoisotopic (exact) mass is 291 g/mol. The molecule has 1 unspecified atom stereocenters. The van der Waals surface area contributed by atoms with E-state index >= 15 is 0 Å². The number of Topliss-reactive ketones (excluding diaryl/α,β-unsaturated/α-hetero) is 1. The van der Waals surface area contributed by atoms with Gasteiger partial charge < -0.3 is 10.6 Å². The second-order valence-corrected chi connectivity index (χ2v) is 5.02. The van der Waals surface area contributed by atoms with Crippen molar-refractivity contribution < 1.29 is 14.5 Å². The summed E-state index contributed by atoms with van der Waals surface area (Å²) in [6.07, 6.45) is 1.61. The van der Waals surface area contributed by atoms with Gasteiger partial charge in [0.1, 0.15) is 0 Å². The number of ketones is 1. The molecule has 2 rings (SSSR count). The Morgan fingerprint density at radius 3 is 2.57 bits per heavy atom. The van der Waals surface area contributed by atoms with Crippen molar-refractivity contribution in [3.8, 4) is 0 Å². The minimum Gasteiger partial charge on any atom is -0.332 e. The summed E-state index contributed by atoms with van der Waals surface area (Å²) in [6.45, 7) is 0.466. The molecule has 1 aromatic carbocycles. The second-order valence-electron chi connectivity index (χ2n) is 5.02. The van der Waals surface area contributed by atoms with Gasteiger partial charge in [-0.1, -0.05) is 12.1 Å². The summed E-state index contributed by atoms with van der Waals surface area (Å²) in [5.74, 6) is -0.266. The molecule has 1 heterocycles. The molecule has 0 bridgehead atoms. The van der Waals surface area contributed by atoms with Gasteiger partial charge in [0.25, 0.3) is 5.69 Å². The van der Waals surface area contributed by atoms with Crippen LogP contribution in [0.4, 0.5) is 5.69 Å². The second kappa shape index (κ2) is 6.45. The maximum absolute atomic E-state index is 12.3. The number of nitro groups is 1. The fraction of sp³-hybridized carbons (Fsp3) is 0.429. The predicted molar refractivity (Wildman–Crippen MR) is 75.6 cm³/mol. The summed E-state index contributed by atoms with van der Waals surface area (Å²) in [6, 6.07) is 5.47. The van der Waals surface area contributed by atoms with Gasteiger partial charge >= 0.3 is 0 Å². The Hall–Kier alpha value is -2.28. The van der Waals surface area contributed by atoms with E-state index in [1.54, 1.807) is 12.1 Å². The number of nitro benzene ring substituents is 1. The molecule has 0 spiro atoms. The number of likely N-dealkylation sites (tertiary alicyclic amines) is 1. The van der Waals surface area contributed by atoms with Gasteiger partial charge in [-0.3, -0.25) is 19.7 Å². The van der Waals surface area contributed by atoms with Gasteiger partial charge in [0, 0.05) is 25.1 Å². The highest BCUT2D eigenvalue weighted by Gasteiger charge is 2.32. The molecule has 2 N–H and O–H groups in total. The van der Waals surface area contributed by atoms with Crippen LogP contribution in [0.15, 0.2) is 24.3 Å². The largest absolute Gasteiger partial charge is 0.332 e. The molecular weight excluding hydrogens is 274 g/mol. The molecule has 1 saturated heterocycles. The number of carbonyl (C=O) groups excluding carboxylic acids is 2. The Balaban J connectivity index is 2.03. The van der Waals surface area contributed by atoms with E-state index in [9.17, 15) is 19.7 Å². The van der Waals surface area contributed by atoms with E-state index in [1.807, 2.05) is 0 Å². The zero-order chi connectivity index (χ0) is 15.4. The highest BCUT2D eigenvalue weighted by atomic mass is 16.6. The molecule has 0 saturated carbocycles. The number of benzene rings is 1. The topological polar surface area (TPSA) is 107 Å². The Bertz CT molecular complexity index is 556. The summed E-state index contributed by atoms with van der Waals surface area (Å²) in [5, 5.41) is 10.6. The van der Waals surface area contributed by atoms with Crippen molar-refractivity contribution in [2.45, 2.75) is 25.3 Å². The van der Waals surface area contributed by atoms with Crippen molar-refractivity contribution in [3.63, 3.8) is 0 Å². The quantitative estimate of drug-likeness (QED) is 0.633. The zero-order valence-corrected chi connectivity index (χ0v) is 11.5. The molecule has 1 aliphatic heterocycles. The van der Waals surface area contributed by atoms with E-state index in [2.05, 4.69) is 0 Å². The lowest BCUT2D eigenvalue weighted by molar-refractivity contribution is -0.384. The third-order valence-electron chi connectivity index (χ3n) is 3.64. The summed E-state index contributed by atoms with van der Waals surface area (Å²) in [5.41, 5.74) is 6.04. The zero-order valence-electron chi connectivity index (χ0n) is 11.5. The van der Waals surface area contributed by atoms with E-state index in [4.69, 9.17) is 5.73 Å². The van der Waals surface area contributed by atoms with Crippen molar-refractivity contribution in [1.29, 1.82) is 0 Å². The third kappa shape index (κ3) is 3.43. The number of nitrogens with two attached hydrogens (primary N) is 1. The molecule has 7 nitrogen and oxygen atoms in total. The normalized spacial score (nSPS) is 17.8. The van der Waals surface area contributed by atoms with Crippen molar-refractivity contribution >= 4 is 17.4 Å². The van der Waals surface area contributed by atoms with Crippen LogP contribution in [0.1, 0.15) is 18.4 Å². The van der Waals surface area contributed by atoms with Gasteiger partial charge in [-0.05, 0) is 18.4 Å². The van der Waals surface area contributed by atoms with Crippen LogP contribution in [-0.2, 0) is 16.0 Å². The molecular formula is C14H17N3O4. The first kappa shape index (κ1) is 15.1. The summed E-state index contributed by atoms with van der Waals surface area (Å²) in [7, 11) is 0. The fourth-order valence-electron chi connectivity index (χ4n) is 2.57. The van der Waals surface area contributed by atoms with Crippen LogP contribution in [0, 0.1) is 10.1 Å². The Labute approximate surface area is 121 Å². The van der Waals surface area contributed by atoms with E-state index in [0.29, 0.717) is 18.5 Å². The van der Waals surface area contributed by atoms with Gasteiger partial charge in [0.2, 0.25) is 5.91 Å². The van der Waals surface area contributed by atoms with Gasteiger partial charge in [0.05, 0.1) is 17.5 Å². The van der Waals surface area contributed by atoms with Crippen molar-refractivity contribution in [3.05, 3.63) is 39.9 Å². The Morgan fingerprint density at radius 1 is 1.33 bits per heavy atom. The van der Waals surface area contributed by atoms with E-state index in [-0.39, 0.29) is 30.3 Å². The molecule has 1 atom stereocenters. The summed E-state index contributed by atoms with van der Waals surface area (Å²) in [4.78, 5) is 35.6. The standard InChI is InChI=1S/C14H17N3O4/c15-9-14(19)16-7-1-2-12(16)13(18)8-10-3-5-11(6-4-10)17(20)21/h3-6,12H,1-2,7-9,15H2. The van der Waals surface area contributed by atoms with Crippen LogP contribution in [0.2, 0.25) is 0 Å². The van der Waals surface area contributed by atoms with Crippen LogP contribution in [0.5, 0.6) is 0 Å². The van der Waals surface area contributed by atoms with Crippen LogP contribution >= 0.6 is 0 Å². The van der Waals surface area contributed by atoms with Crippen LogP contribution in [0.3, 0.4) is 0 Å². The number of amides is 1.